The van der Waals surface area contributed by atoms with Crippen molar-refractivity contribution in [2.75, 3.05) is 26.2 Å². The third-order valence-corrected chi connectivity index (χ3v) is 5.54. The van der Waals surface area contributed by atoms with Crippen LogP contribution in [0, 0.1) is 17.0 Å². The number of rotatable bonds is 4. The summed E-state index contributed by atoms with van der Waals surface area (Å²) < 4.78 is 63.5. The molecule has 1 aromatic carbocycles. The van der Waals surface area contributed by atoms with Crippen LogP contribution in [0.15, 0.2) is 18.2 Å². The molecule has 3 nitrogen and oxygen atoms in total. The second-order valence-electron chi connectivity index (χ2n) is 7.74. The summed E-state index contributed by atoms with van der Waals surface area (Å²) in [4.78, 5) is 15.8. The zero-order chi connectivity index (χ0) is 19.7. The van der Waals surface area contributed by atoms with Gasteiger partial charge in [-0.2, -0.15) is 13.2 Å². The largest absolute Gasteiger partial charge is 0.389 e. The molecule has 0 N–H and O–H groups in total. The van der Waals surface area contributed by atoms with Crippen LogP contribution in [0.5, 0.6) is 0 Å². The van der Waals surface area contributed by atoms with Crippen LogP contribution < -0.4 is 0 Å². The van der Waals surface area contributed by atoms with Gasteiger partial charge in [0.1, 0.15) is 0 Å². The smallest absolute Gasteiger partial charge is 0.342 e. The molecule has 2 aliphatic heterocycles. The first-order chi connectivity index (χ1) is 12.7. The van der Waals surface area contributed by atoms with E-state index >= 15 is 0 Å². The highest BCUT2D eigenvalue weighted by molar-refractivity contribution is 5.76. The van der Waals surface area contributed by atoms with Crippen LogP contribution in [0.1, 0.15) is 37.7 Å². The van der Waals surface area contributed by atoms with Crippen LogP contribution in [0.25, 0.3) is 0 Å². The van der Waals surface area contributed by atoms with E-state index in [2.05, 4.69) is 4.90 Å². The maximum Gasteiger partial charge on any atom is 0.389 e. The molecular formula is C19H23F5N2O. The lowest BCUT2D eigenvalue weighted by atomic mass is 9.79. The normalized spacial score (nSPS) is 24.0. The lowest BCUT2D eigenvalue weighted by Crippen LogP contribution is -2.45. The van der Waals surface area contributed by atoms with Crippen molar-refractivity contribution < 1.29 is 26.7 Å². The number of hydrogen-bond donors (Lipinski definition) is 0. The third kappa shape index (κ3) is 5.18. The molecule has 2 saturated heterocycles. The predicted octanol–water partition coefficient (Wildman–Crippen LogP) is 4.12. The number of likely N-dealkylation sites (tertiary alicyclic amines) is 2. The summed E-state index contributed by atoms with van der Waals surface area (Å²) in [5.41, 5.74) is 0.562. The molecule has 0 saturated carbocycles. The first kappa shape index (κ1) is 20.0. The molecule has 3 rings (SSSR count). The average Bonchev–Trinajstić information content (AvgIpc) is 2.99. The number of amides is 1. The molecule has 0 aliphatic carbocycles. The van der Waals surface area contributed by atoms with Crippen LogP contribution in [0.4, 0.5) is 22.0 Å². The van der Waals surface area contributed by atoms with Gasteiger partial charge >= 0.3 is 6.18 Å². The Labute approximate surface area is 155 Å². The highest BCUT2D eigenvalue weighted by Crippen LogP contribution is 2.39. The minimum Gasteiger partial charge on any atom is -0.342 e. The molecule has 1 amide bonds. The number of carbonyl (C=O) groups is 1. The lowest BCUT2D eigenvalue weighted by Gasteiger charge is -2.40. The Morgan fingerprint density at radius 2 is 1.85 bits per heavy atom. The van der Waals surface area contributed by atoms with Crippen molar-refractivity contribution in [3.8, 4) is 0 Å². The van der Waals surface area contributed by atoms with Gasteiger partial charge in [-0.25, -0.2) is 8.78 Å². The predicted molar refractivity (Wildman–Crippen MR) is 89.8 cm³/mol. The van der Waals surface area contributed by atoms with E-state index in [1.54, 1.807) is 11.0 Å². The molecule has 150 valence electrons. The van der Waals surface area contributed by atoms with Crippen molar-refractivity contribution in [2.45, 2.75) is 44.8 Å². The Morgan fingerprint density at radius 1 is 1.07 bits per heavy atom. The Morgan fingerprint density at radius 3 is 2.56 bits per heavy atom. The number of carbonyl (C=O) groups excluding carboxylic acids is 1. The Hall–Kier alpha value is -1.70. The third-order valence-electron chi connectivity index (χ3n) is 5.54. The van der Waals surface area contributed by atoms with Crippen molar-refractivity contribution in [1.82, 2.24) is 9.80 Å². The van der Waals surface area contributed by atoms with E-state index in [1.165, 1.54) is 6.07 Å². The minimum atomic E-state index is -4.32. The molecule has 8 heteroatoms. The standard InChI is InChI=1S/C19H23F5N2O/c20-15-3-2-14(10-16(15)21)11-25-8-1-5-18(12-25)7-9-26(13-18)17(27)4-6-19(22,23)24/h2-3,10H,1,4-9,11-13H2/t18-/m1/s1. The molecule has 2 aliphatic rings. The first-order valence-electron chi connectivity index (χ1n) is 9.17. The van der Waals surface area contributed by atoms with E-state index in [1.807, 2.05) is 0 Å². The molecule has 0 radical (unpaired) electrons. The van der Waals surface area contributed by atoms with Crippen LogP contribution >= 0.6 is 0 Å². The summed E-state index contributed by atoms with van der Waals surface area (Å²) >= 11 is 0. The zero-order valence-corrected chi connectivity index (χ0v) is 15.0. The molecule has 1 aromatic rings. The van der Waals surface area contributed by atoms with Gasteiger partial charge in [0.2, 0.25) is 5.91 Å². The molecule has 0 bridgehead atoms. The van der Waals surface area contributed by atoms with E-state index in [0.717, 1.165) is 31.9 Å². The van der Waals surface area contributed by atoms with Crippen molar-refractivity contribution in [3.63, 3.8) is 0 Å². The Kier molecular flexibility index (Phi) is 5.74. The van der Waals surface area contributed by atoms with Gasteiger partial charge in [-0.1, -0.05) is 6.07 Å². The van der Waals surface area contributed by atoms with Crippen molar-refractivity contribution in [1.29, 1.82) is 0 Å². The Balaban J connectivity index is 1.57. The molecule has 0 unspecified atom stereocenters. The molecule has 0 aromatic heterocycles. The Bertz CT molecular complexity index is 693. The number of halogens is 5. The molecule has 1 atom stereocenters. The van der Waals surface area contributed by atoms with Crippen molar-refractivity contribution in [2.24, 2.45) is 5.41 Å². The lowest BCUT2D eigenvalue weighted by molar-refractivity contribution is -0.148. The molecule has 27 heavy (non-hydrogen) atoms. The fourth-order valence-corrected chi connectivity index (χ4v) is 4.23. The highest BCUT2D eigenvalue weighted by atomic mass is 19.4. The fraction of sp³-hybridized carbons (Fsp3) is 0.632. The topological polar surface area (TPSA) is 23.6 Å². The van der Waals surface area contributed by atoms with E-state index in [4.69, 9.17) is 0 Å². The number of benzene rings is 1. The van der Waals surface area contributed by atoms with E-state index in [-0.39, 0.29) is 5.41 Å². The summed E-state index contributed by atoms with van der Waals surface area (Å²) in [6.45, 7) is 2.96. The van der Waals surface area contributed by atoms with Gasteiger partial charge in [0.05, 0.1) is 6.42 Å². The second kappa shape index (κ2) is 7.73. The summed E-state index contributed by atoms with van der Waals surface area (Å²) in [5, 5.41) is 0. The van der Waals surface area contributed by atoms with E-state index in [0.29, 0.717) is 31.7 Å². The second-order valence-corrected chi connectivity index (χ2v) is 7.74. The monoisotopic (exact) mass is 390 g/mol. The molecule has 2 fully saturated rings. The molecular weight excluding hydrogens is 367 g/mol. The van der Waals surface area contributed by atoms with Crippen LogP contribution in [-0.4, -0.2) is 48.1 Å². The number of alkyl halides is 3. The van der Waals surface area contributed by atoms with Gasteiger partial charge < -0.3 is 4.90 Å². The molecule has 1 spiro atoms. The van der Waals surface area contributed by atoms with Gasteiger partial charge in [0.25, 0.3) is 0 Å². The minimum absolute atomic E-state index is 0.120. The van der Waals surface area contributed by atoms with Gasteiger partial charge in [-0.3, -0.25) is 9.69 Å². The van der Waals surface area contributed by atoms with Gasteiger partial charge in [0.15, 0.2) is 11.6 Å². The summed E-state index contributed by atoms with van der Waals surface area (Å²) in [5.74, 6) is -2.19. The number of hydrogen-bond acceptors (Lipinski definition) is 2. The number of piperidine rings is 1. The summed E-state index contributed by atoms with van der Waals surface area (Å²) in [6.07, 6.45) is -3.31. The van der Waals surface area contributed by atoms with Gasteiger partial charge in [0, 0.05) is 38.0 Å². The number of nitrogens with zero attached hydrogens (tertiary/aromatic N) is 2. The van der Waals surface area contributed by atoms with Crippen LogP contribution in [0.3, 0.4) is 0 Å². The fourth-order valence-electron chi connectivity index (χ4n) is 4.23. The van der Waals surface area contributed by atoms with E-state index in [9.17, 15) is 26.7 Å². The van der Waals surface area contributed by atoms with Crippen molar-refractivity contribution >= 4 is 5.91 Å². The van der Waals surface area contributed by atoms with Crippen molar-refractivity contribution in [3.05, 3.63) is 35.4 Å². The molecule has 2 heterocycles. The SMILES string of the molecule is O=C(CCC(F)(F)F)N1CC[C@@]2(CCCN(Cc3ccc(F)c(F)c3)C2)C1. The summed E-state index contributed by atoms with van der Waals surface area (Å²) in [7, 11) is 0. The summed E-state index contributed by atoms with van der Waals surface area (Å²) in [6, 6.07) is 3.86. The zero-order valence-electron chi connectivity index (χ0n) is 15.0. The maximum absolute atomic E-state index is 13.4. The van der Waals surface area contributed by atoms with E-state index < -0.39 is 36.6 Å². The van der Waals surface area contributed by atoms with Gasteiger partial charge in [-0.05, 0) is 43.5 Å². The highest BCUT2D eigenvalue weighted by Gasteiger charge is 2.43. The van der Waals surface area contributed by atoms with Gasteiger partial charge in [-0.15, -0.1) is 0 Å². The van der Waals surface area contributed by atoms with Crippen LogP contribution in [-0.2, 0) is 11.3 Å². The quantitative estimate of drug-likeness (QED) is 0.722. The average molecular weight is 390 g/mol. The first-order valence-corrected chi connectivity index (χ1v) is 9.17. The van der Waals surface area contributed by atoms with Crippen LogP contribution in [0.2, 0.25) is 0 Å². The maximum atomic E-state index is 13.4.